The highest BCUT2D eigenvalue weighted by molar-refractivity contribution is 5.90. The Hall–Kier alpha value is -2.73. The Balaban J connectivity index is 2.47. The Morgan fingerprint density at radius 1 is 1.00 bits per heavy atom. The minimum atomic E-state index is 0.563. The molecule has 0 N–H and O–H groups in total. The van der Waals surface area contributed by atoms with Crippen molar-refractivity contribution in [3.63, 3.8) is 0 Å². The van der Waals surface area contributed by atoms with Gasteiger partial charge in [-0.2, -0.15) is 5.26 Å². The fraction of sp³-hybridized carbons (Fsp3) is 0.118. The minimum absolute atomic E-state index is 0.563. The fourth-order valence-corrected chi connectivity index (χ4v) is 1.86. The summed E-state index contributed by atoms with van der Waals surface area (Å²) in [7, 11) is 3.18. The van der Waals surface area contributed by atoms with Gasteiger partial charge in [0.25, 0.3) is 0 Å². The first-order chi connectivity index (χ1) is 9.76. The number of methoxy groups -OCH3 is 2. The summed E-state index contributed by atoms with van der Waals surface area (Å²) >= 11 is 0. The van der Waals surface area contributed by atoms with Crippen LogP contribution in [0.15, 0.2) is 48.5 Å². The number of nitriles is 1. The van der Waals surface area contributed by atoms with Gasteiger partial charge in [0.2, 0.25) is 0 Å². The lowest BCUT2D eigenvalue weighted by Gasteiger charge is -2.07. The van der Waals surface area contributed by atoms with Gasteiger partial charge in [-0.15, -0.1) is 0 Å². The fourth-order valence-electron chi connectivity index (χ4n) is 1.86. The van der Waals surface area contributed by atoms with E-state index in [9.17, 15) is 5.26 Å². The van der Waals surface area contributed by atoms with Crippen LogP contribution in [0.3, 0.4) is 0 Å². The average molecular weight is 265 g/mol. The molecule has 2 rings (SSSR count). The van der Waals surface area contributed by atoms with Gasteiger partial charge in [0, 0.05) is 6.07 Å². The molecule has 100 valence electrons. The molecule has 0 aliphatic carbocycles. The van der Waals surface area contributed by atoms with Gasteiger partial charge in [-0.3, -0.25) is 0 Å². The lowest BCUT2D eigenvalue weighted by Crippen LogP contribution is -1.90. The molecule has 0 radical (unpaired) electrons. The smallest absolute Gasteiger partial charge is 0.123 e. The van der Waals surface area contributed by atoms with Crippen LogP contribution in [0.25, 0.3) is 11.6 Å². The maximum absolute atomic E-state index is 9.37. The molecule has 3 nitrogen and oxygen atoms in total. The van der Waals surface area contributed by atoms with Gasteiger partial charge in [-0.1, -0.05) is 30.3 Å². The van der Waals surface area contributed by atoms with Crippen LogP contribution in [-0.4, -0.2) is 14.2 Å². The van der Waals surface area contributed by atoms with Gasteiger partial charge < -0.3 is 9.47 Å². The lowest BCUT2D eigenvalue weighted by atomic mass is 10.0. The summed E-state index contributed by atoms with van der Waals surface area (Å²) in [4.78, 5) is 0. The van der Waals surface area contributed by atoms with Gasteiger partial charge in [0.05, 0.1) is 25.9 Å². The molecule has 0 heterocycles. The maximum Gasteiger partial charge on any atom is 0.123 e. The number of ether oxygens (including phenoxy) is 2. The van der Waals surface area contributed by atoms with Crippen LogP contribution in [0.1, 0.15) is 11.1 Å². The third-order valence-electron chi connectivity index (χ3n) is 2.89. The number of hydrogen-bond acceptors (Lipinski definition) is 3. The van der Waals surface area contributed by atoms with E-state index in [4.69, 9.17) is 9.47 Å². The van der Waals surface area contributed by atoms with Gasteiger partial charge in [-0.25, -0.2) is 0 Å². The van der Waals surface area contributed by atoms with Crippen molar-refractivity contribution < 1.29 is 9.47 Å². The zero-order valence-corrected chi connectivity index (χ0v) is 11.5. The molecule has 3 heteroatoms. The summed E-state index contributed by atoms with van der Waals surface area (Å²) in [6.45, 7) is 0. The molecule has 2 aromatic rings. The van der Waals surface area contributed by atoms with Crippen molar-refractivity contribution in [2.45, 2.75) is 0 Å². The van der Waals surface area contributed by atoms with Gasteiger partial charge in [0.15, 0.2) is 0 Å². The summed E-state index contributed by atoms with van der Waals surface area (Å²) in [5.74, 6) is 1.32. The molecule has 0 saturated carbocycles. The number of hydrogen-bond donors (Lipinski definition) is 0. The number of rotatable bonds is 4. The van der Waals surface area contributed by atoms with E-state index in [1.807, 2.05) is 48.5 Å². The van der Waals surface area contributed by atoms with Crippen LogP contribution in [0.4, 0.5) is 0 Å². The zero-order chi connectivity index (χ0) is 14.4. The zero-order valence-electron chi connectivity index (χ0n) is 11.5. The van der Waals surface area contributed by atoms with Crippen molar-refractivity contribution in [3.05, 3.63) is 59.7 Å². The molecule has 0 aliphatic heterocycles. The summed E-state index contributed by atoms with van der Waals surface area (Å²) in [6, 6.07) is 17.4. The van der Waals surface area contributed by atoms with Gasteiger partial charge in [-0.05, 0) is 29.3 Å². The Morgan fingerprint density at radius 3 is 2.10 bits per heavy atom. The van der Waals surface area contributed by atoms with E-state index in [2.05, 4.69) is 6.07 Å². The van der Waals surface area contributed by atoms with E-state index >= 15 is 0 Å². The topological polar surface area (TPSA) is 42.2 Å². The summed E-state index contributed by atoms with van der Waals surface area (Å²) in [5, 5.41) is 9.37. The second-order valence-corrected chi connectivity index (χ2v) is 4.18. The largest absolute Gasteiger partial charge is 0.497 e. The lowest BCUT2D eigenvalue weighted by molar-refractivity contribution is 0.394. The second-order valence-electron chi connectivity index (χ2n) is 4.18. The molecule has 0 saturated heterocycles. The number of nitrogens with zero attached hydrogens (tertiary/aromatic N) is 1. The first-order valence-electron chi connectivity index (χ1n) is 6.17. The number of allylic oxidation sites excluding steroid dienone is 1. The average Bonchev–Trinajstić information content (AvgIpc) is 2.53. The van der Waals surface area contributed by atoms with Gasteiger partial charge >= 0.3 is 0 Å². The van der Waals surface area contributed by atoms with Crippen molar-refractivity contribution in [1.82, 2.24) is 0 Å². The van der Waals surface area contributed by atoms with Gasteiger partial charge in [0.1, 0.15) is 11.5 Å². The standard InChI is InChI=1S/C17H15NO2/c1-19-16-9-14(10-17(11-16)20-2)15(12-18)8-13-6-4-3-5-7-13/h3-11H,1-2H3/b15-8+. The van der Waals surface area contributed by atoms with Crippen molar-refractivity contribution >= 4 is 11.6 Å². The van der Waals surface area contributed by atoms with Crippen LogP contribution in [0, 0.1) is 11.3 Å². The molecular weight excluding hydrogens is 250 g/mol. The van der Waals surface area contributed by atoms with E-state index < -0.39 is 0 Å². The van der Waals surface area contributed by atoms with Crippen molar-refractivity contribution in [2.75, 3.05) is 14.2 Å². The quantitative estimate of drug-likeness (QED) is 0.624. The van der Waals surface area contributed by atoms with Crippen molar-refractivity contribution in [3.8, 4) is 17.6 Å². The molecule has 0 atom stereocenters. The second kappa shape index (κ2) is 6.44. The van der Waals surface area contributed by atoms with E-state index in [1.165, 1.54) is 0 Å². The molecule has 0 unspecified atom stereocenters. The van der Waals surface area contributed by atoms with E-state index in [0.717, 1.165) is 11.1 Å². The van der Waals surface area contributed by atoms with E-state index in [1.54, 1.807) is 20.3 Å². The first-order valence-corrected chi connectivity index (χ1v) is 6.17. The molecule has 2 aromatic carbocycles. The SMILES string of the molecule is COc1cc(OC)cc(/C(C#N)=C/c2ccccc2)c1. The highest BCUT2D eigenvalue weighted by atomic mass is 16.5. The van der Waals surface area contributed by atoms with E-state index in [-0.39, 0.29) is 0 Å². The van der Waals surface area contributed by atoms with Crippen LogP contribution in [0.2, 0.25) is 0 Å². The Morgan fingerprint density at radius 2 is 1.60 bits per heavy atom. The molecule has 0 aliphatic rings. The van der Waals surface area contributed by atoms with Crippen molar-refractivity contribution in [2.24, 2.45) is 0 Å². The molecule has 20 heavy (non-hydrogen) atoms. The number of benzene rings is 2. The van der Waals surface area contributed by atoms with E-state index in [0.29, 0.717) is 17.1 Å². The minimum Gasteiger partial charge on any atom is -0.497 e. The summed E-state index contributed by atoms with van der Waals surface area (Å²) in [6.07, 6.45) is 1.84. The normalized spacial score (nSPS) is 10.8. The summed E-state index contributed by atoms with van der Waals surface area (Å²) in [5.41, 5.74) is 2.31. The van der Waals surface area contributed by atoms with Crippen LogP contribution in [0.5, 0.6) is 11.5 Å². The molecule has 0 aromatic heterocycles. The summed E-state index contributed by atoms with van der Waals surface area (Å²) < 4.78 is 10.5. The predicted molar refractivity (Wildman–Crippen MR) is 79.5 cm³/mol. The predicted octanol–water partition coefficient (Wildman–Crippen LogP) is 3.77. The molecule has 0 fully saturated rings. The molecular formula is C17H15NO2. The third kappa shape index (κ3) is 3.18. The highest BCUT2D eigenvalue weighted by Crippen LogP contribution is 2.27. The first kappa shape index (κ1) is 13.7. The maximum atomic E-state index is 9.37. The van der Waals surface area contributed by atoms with Crippen LogP contribution < -0.4 is 9.47 Å². The molecule has 0 bridgehead atoms. The monoisotopic (exact) mass is 265 g/mol. The van der Waals surface area contributed by atoms with Crippen LogP contribution in [-0.2, 0) is 0 Å². The third-order valence-corrected chi connectivity index (χ3v) is 2.89. The highest BCUT2D eigenvalue weighted by Gasteiger charge is 2.06. The Labute approximate surface area is 118 Å². The molecule has 0 spiro atoms. The Bertz CT molecular complexity index is 632. The Kier molecular flexibility index (Phi) is 4.41. The van der Waals surface area contributed by atoms with Crippen molar-refractivity contribution in [1.29, 1.82) is 5.26 Å². The van der Waals surface area contributed by atoms with Crippen LogP contribution >= 0.6 is 0 Å². The molecule has 0 amide bonds.